The van der Waals surface area contributed by atoms with Crippen molar-refractivity contribution < 1.29 is 23.9 Å². The summed E-state index contributed by atoms with van der Waals surface area (Å²) in [6.45, 7) is 2.77. The van der Waals surface area contributed by atoms with E-state index in [2.05, 4.69) is 20.7 Å². The van der Waals surface area contributed by atoms with Gasteiger partial charge in [-0.3, -0.25) is 4.79 Å². The summed E-state index contributed by atoms with van der Waals surface area (Å²) in [5.41, 5.74) is 1.62. The van der Waals surface area contributed by atoms with Crippen LogP contribution in [0.1, 0.15) is 31.4 Å². The molecule has 1 aliphatic rings. The molecule has 0 saturated heterocycles. The molecule has 1 unspecified atom stereocenters. The van der Waals surface area contributed by atoms with Crippen molar-refractivity contribution in [2.24, 2.45) is 0 Å². The number of carbonyl (C=O) groups excluding carboxylic acids is 3. The molecule has 0 aromatic heterocycles. The van der Waals surface area contributed by atoms with Crippen molar-refractivity contribution in [2.45, 2.75) is 30.7 Å². The molecule has 8 nitrogen and oxygen atoms in total. The third-order valence-corrected chi connectivity index (χ3v) is 5.11. The molecule has 2 rings (SSSR count). The van der Waals surface area contributed by atoms with Gasteiger partial charge < -0.3 is 25.4 Å². The topological polar surface area (TPSA) is 106 Å². The quantitative estimate of drug-likeness (QED) is 0.302. The van der Waals surface area contributed by atoms with Crippen LogP contribution in [0.2, 0.25) is 0 Å². The molecular formula is C20H27N3O5S. The summed E-state index contributed by atoms with van der Waals surface area (Å²) in [6, 6.07) is 6.68. The van der Waals surface area contributed by atoms with Crippen LogP contribution >= 0.6 is 11.8 Å². The van der Waals surface area contributed by atoms with E-state index in [1.165, 1.54) is 7.11 Å². The van der Waals surface area contributed by atoms with E-state index in [0.717, 1.165) is 10.5 Å². The average molecular weight is 422 g/mol. The lowest BCUT2D eigenvalue weighted by Gasteiger charge is -2.29. The lowest BCUT2D eigenvalue weighted by Crippen LogP contribution is -2.48. The minimum Gasteiger partial charge on any atom is -0.469 e. The van der Waals surface area contributed by atoms with Crippen LogP contribution in [0.4, 0.5) is 4.79 Å². The van der Waals surface area contributed by atoms with Gasteiger partial charge in [0.25, 0.3) is 0 Å². The zero-order valence-corrected chi connectivity index (χ0v) is 17.7. The van der Waals surface area contributed by atoms with Gasteiger partial charge in [0.2, 0.25) is 0 Å². The van der Waals surface area contributed by atoms with Crippen LogP contribution in [0.15, 0.2) is 40.4 Å². The minimum atomic E-state index is -0.606. The Kier molecular flexibility index (Phi) is 9.01. The number of ether oxygens (including phenoxy) is 2. The molecule has 1 aliphatic heterocycles. The predicted molar refractivity (Wildman–Crippen MR) is 110 cm³/mol. The van der Waals surface area contributed by atoms with Crippen molar-refractivity contribution in [3.63, 3.8) is 0 Å². The molecule has 1 heterocycles. The first kappa shape index (κ1) is 22.8. The maximum Gasteiger partial charge on any atom is 0.338 e. The van der Waals surface area contributed by atoms with Crippen LogP contribution in [-0.4, -0.2) is 51.0 Å². The molecule has 0 saturated carbocycles. The van der Waals surface area contributed by atoms with Gasteiger partial charge >= 0.3 is 18.0 Å². The fraction of sp³-hybridized carbons (Fsp3) is 0.450. The summed E-state index contributed by atoms with van der Waals surface area (Å²) in [5.74, 6) is -0.757. The van der Waals surface area contributed by atoms with Crippen molar-refractivity contribution >= 4 is 29.7 Å². The van der Waals surface area contributed by atoms with Crippen LogP contribution in [0, 0.1) is 0 Å². The minimum absolute atomic E-state index is 0.230. The third kappa shape index (κ3) is 6.50. The highest BCUT2D eigenvalue weighted by atomic mass is 32.2. The maximum absolute atomic E-state index is 12.7. The van der Waals surface area contributed by atoms with Crippen molar-refractivity contribution in [3.8, 4) is 0 Å². The van der Waals surface area contributed by atoms with Gasteiger partial charge in [-0.15, -0.1) is 11.8 Å². The Morgan fingerprint density at radius 2 is 1.97 bits per heavy atom. The van der Waals surface area contributed by atoms with Gasteiger partial charge in [0.15, 0.2) is 0 Å². The zero-order valence-electron chi connectivity index (χ0n) is 16.9. The molecule has 0 radical (unpaired) electrons. The molecule has 29 heavy (non-hydrogen) atoms. The Hall–Kier alpha value is -2.52. The number of amides is 2. The fourth-order valence-corrected chi connectivity index (χ4v) is 3.34. The Morgan fingerprint density at radius 3 is 2.59 bits per heavy atom. The summed E-state index contributed by atoms with van der Waals surface area (Å²) in [7, 11) is 1.35. The molecule has 0 bridgehead atoms. The molecular weight excluding hydrogens is 394 g/mol. The van der Waals surface area contributed by atoms with Crippen LogP contribution in [0.5, 0.6) is 0 Å². The second-order valence-corrected chi connectivity index (χ2v) is 7.15. The molecule has 2 amide bonds. The normalized spacial score (nSPS) is 16.1. The number of carbonyl (C=O) groups is 3. The van der Waals surface area contributed by atoms with E-state index in [0.29, 0.717) is 30.7 Å². The van der Waals surface area contributed by atoms with Gasteiger partial charge in [-0.05, 0) is 43.8 Å². The first-order valence-electron chi connectivity index (χ1n) is 9.39. The second kappa shape index (κ2) is 11.5. The summed E-state index contributed by atoms with van der Waals surface area (Å²) in [6.07, 6.45) is 2.86. The van der Waals surface area contributed by atoms with E-state index in [9.17, 15) is 14.4 Å². The molecule has 158 valence electrons. The van der Waals surface area contributed by atoms with Gasteiger partial charge in [-0.2, -0.15) is 0 Å². The molecule has 3 N–H and O–H groups in total. The summed E-state index contributed by atoms with van der Waals surface area (Å²) in [4.78, 5) is 37.2. The van der Waals surface area contributed by atoms with Crippen LogP contribution < -0.4 is 16.0 Å². The predicted octanol–water partition coefficient (Wildman–Crippen LogP) is 2.12. The number of methoxy groups -OCH3 is 1. The number of hydrogen-bond acceptors (Lipinski definition) is 7. The molecule has 9 heteroatoms. The number of nitrogens with one attached hydrogen (secondary N) is 3. The van der Waals surface area contributed by atoms with Gasteiger partial charge in [0, 0.05) is 23.6 Å². The number of thioether (sulfide) groups is 1. The van der Waals surface area contributed by atoms with Crippen molar-refractivity contribution in [1.29, 1.82) is 0 Å². The highest BCUT2D eigenvalue weighted by molar-refractivity contribution is 7.98. The van der Waals surface area contributed by atoms with Crippen molar-refractivity contribution in [1.82, 2.24) is 16.0 Å². The van der Waals surface area contributed by atoms with E-state index in [4.69, 9.17) is 4.74 Å². The van der Waals surface area contributed by atoms with Gasteiger partial charge in [-0.1, -0.05) is 12.1 Å². The smallest absolute Gasteiger partial charge is 0.338 e. The lowest BCUT2D eigenvalue weighted by molar-refractivity contribution is -0.141. The number of hydrogen-bond donors (Lipinski definition) is 3. The van der Waals surface area contributed by atoms with Gasteiger partial charge in [0.1, 0.15) is 0 Å². The van der Waals surface area contributed by atoms with E-state index < -0.39 is 12.0 Å². The second-order valence-electron chi connectivity index (χ2n) is 6.27. The van der Waals surface area contributed by atoms with Gasteiger partial charge in [0.05, 0.1) is 25.3 Å². The Bertz CT molecular complexity index is 764. The first-order valence-corrected chi connectivity index (χ1v) is 10.6. The Morgan fingerprint density at radius 1 is 1.24 bits per heavy atom. The highest BCUT2D eigenvalue weighted by Gasteiger charge is 2.33. The third-order valence-electron chi connectivity index (χ3n) is 4.36. The molecule has 0 spiro atoms. The zero-order chi connectivity index (χ0) is 21.2. The molecule has 1 aromatic rings. The summed E-state index contributed by atoms with van der Waals surface area (Å²) >= 11 is 1.61. The maximum atomic E-state index is 12.7. The Labute approximate surface area is 174 Å². The molecule has 0 aliphatic carbocycles. The molecule has 0 fully saturated rings. The van der Waals surface area contributed by atoms with Crippen molar-refractivity contribution in [3.05, 3.63) is 41.1 Å². The highest BCUT2D eigenvalue weighted by Crippen LogP contribution is 2.29. The SMILES string of the molecule is CCOC(=O)C1=C(CNCCCC(=O)OC)NC(=O)NC1c1ccc(SC)cc1. The number of urea groups is 1. The largest absolute Gasteiger partial charge is 0.469 e. The van der Waals surface area contributed by atoms with Crippen LogP contribution in [0.3, 0.4) is 0 Å². The van der Waals surface area contributed by atoms with Crippen LogP contribution in [0.25, 0.3) is 0 Å². The number of benzene rings is 1. The van der Waals surface area contributed by atoms with Crippen molar-refractivity contribution in [2.75, 3.05) is 33.1 Å². The van der Waals surface area contributed by atoms with E-state index in [1.807, 2.05) is 30.5 Å². The van der Waals surface area contributed by atoms with Gasteiger partial charge in [-0.25, -0.2) is 9.59 Å². The van der Waals surface area contributed by atoms with E-state index in [-0.39, 0.29) is 25.2 Å². The Balaban J connectivity index is 2.21. The average Bonchev–Trinajstić information content (AvgIpc) is 2.73. The van der Waals surface area contributed by atoms with Crippen LogP contribution in [-0.2, 0) is 19.1 Å². The van der Waals surface area contributed by atoms with E-state index in [1.54, 1.807) is 18.7 Å². The standard InChI is InChI=1S/C20H27N3O5S/c1-4-28-19(25)17-15(12-21-11-5-6-16(24)27-2)22-20(26)23-18(17)13-7-9-14(29-3)10-8-13/h7-10,18,21H,4-6,11-12H2,1-3H3,(H2,22,23,26). The summed E-state index contributed by atoms with van der Waals surface area (Å²) in [5, 5.41) is 8.67. The molecule has 1 aromatic carbocycles. The number of rotatable bonds is 10. The monoisotopic (exact) mass is 421 g/mol. The molecule has 1 atom stereocenters. The summed E-state index contributed by atoms with van der Waals surface area (Å²) < 4.78 is 9.85. The first-order chi connectivity index (χ1) is 14.0. The fourth-order valence-electron chi connectivity index (χ4n) is 2.93. The lowest BCUT2D eigenvalue weighted by atomic mass is 9.95. The van der Waals surface area contributed by atoms with E-state index >= 15 is 0 Å². The number of esters is 2.